The fourth-order valence-corrected chi connectivity index (χ4v) is 10.2. The molecule has 1 aliphatic heterocycles. The largest absolute Gasteiger partial charge is 0.309 e. The van der Waals surface area contributed by atoms with Crippen molar-refractivity contribution in [3.05, 3.63) is 188 Å². The molecule has 8 aromatic carbocycles. The van der Waals surface area contributed by atoms with E-state index in [4.69, 9.17) is 9.97 Å². The Kier molecular flexibility index (Phi) is 7.68. The number of nitrogens with zero attached hydrogens (tertiary/aromatic N) is 3. The van der Waals surface area contributed by atoms with Crippen LogP contribution in [0.3, 0.4) is 0 Å². The molecular formula is C50H31N3S2. The second kappa shape index (κ2) is 13.2. The van der Waals surface area contributed by atoms with Gasteiger partial charge in [0.05, 0.1) is 22.4 Å². The first-order chi connectivity index (χ1) is 27.2. The predicted octanol–water partition coefficient (Wildman–Crippen LogP) is 14.0. The van der Waals surface area contributed by atoms with Crippen LogP contribution in [0.15, 0.2) is 208 Å². The van der Waals surface area contributed by atoms with Crippen LogP contribution in [0.2, 0.25) is 0 Å². The maximum Gasteiger partial charge on any atom is 0.160 e. The summed E-state index contributed by atoms with van der Waals surface area (Å²) in [4.78, 5) is 15.3. The van der Waals surface area contributed by atoms with Crippen molar-refractivity contribution in [2.24, 2.45) is 0 Å². The number of hydrogen-bond donors (Lipinski definition) is 0. The average molecular weight is 738 g/mol. The highest BCUT2D eigenvalue weighted by molar-refractivity contribution is 8.05. The Morgan fingerprint density at radius 1 is 0.382 bits per heavy atom. The molecule has 1 aliphatic rings. The highest BCUT2D eigenvalue weighted by atomic mass is 32.2. The second-order valence-electron chi connectivity index (χ2n) is 13.8. The Morgan fingerprint density at radius 2 is 0.927 bits per heavy atom. The van der Waals surface area contributed by atoms with E-state index in [0.717, 1.165) is 45.2 Å². The molecule has 5 heteroatoms. The lowest BCUT2D eigenvalue weighted by Crippen LogP contribution is -1.96. The van der Waals surface area contributed by atoms with Gasteiger partial charge in [-0.1, -0.05) is 157 Å². The van der Waals surface area contributed by atoms with E-state index >= 15 is 0 Å². The third-order valence-corrected chi connectivity index (χ3v) is 13.1. The van der Waals surface area contributed by atoms with Crippen molar-refractivity contribution in [1.82, 2.24) is 14.5 Å². The van der Waals surface area contributed by atoms with Crippen LogP contribution < -0.4 is 0 Å². The maximum atomic E-state index is 5.03. The summed E-state index contributed by atoms with van der Waals surface area (Å²) < 4.78 is 2.44. The van der Waals surface area contributed by atoms with Gasteiger partial charge in [0.25, 0.3) is 0 Å². The van der Waals surface area contributed by atoms with Crippen LogP contribution in [-0.2, 0) is 0 Å². The lowest BCUT2D eigenvalue weighted by molar-refractivity contribution is 1.15. The van der Waals surface area contributed by atoms with Crippen molar-refractivity contribution < 1.29 is 0 Å². The lowest BCUT2D eigenvalue weighted by Gasteiger charge is -2.19. The molecule has 0 aliphatic carbocycles. The number of fused-ring (bicyclic) bond motifs is 7. The molecule has 0 amide bonds. The molecule has 0 saturated carbocycles. The molecule has 0 unspecified atom stereocenters. The van der Waals surface area contributed by atoms with Crippen molar-refractivity contribution >= 4 is 56.1 Å². The van der Waals surface area contributed by atoms with E-state index in [1.165, 1.54) is 57.7 Å². The summed E-state index contributed by atoms with van der Waals surface area (Å²) in [5, 5.41) is 5.11. The molecule has 3 heterocycles. The van der Waals surface area contributed by atoms with Gasteiger partial charge in [0, 0.05) is 52.7 Å². The second-order valence-corrected chi connectivity index (χ2v) is 15.9. The van der Waals surface area contributed by atoms with Crippen LogP contribution in [0.1, 0.15) is 0 Å². The molecule has 11 rings (SSSR count). The van der Waals surface area contributed by atoms with Gasteiger partial charge in [0.1, 0.15) is 0 Å². The van der Waals surface area contributed by atoms with E-state index in [0.29, 0.717) is 0 Å². The smallest absolute Gasteiger partial charge is 0.160 e. The summed E-state index contributed by atoms with van der Waals surface area (Å²) in [6, 6.07) is 67.2. The zero-order chi connectivity index (χ0) is 36.3. The molecule has 10 aromatic rings. The van der Waals surface area contributed by atoms with E-state index < -0.39 is 0 Å². The summed E-state index contributed by atoms with van der Waals surface area (Å²) in [5.41, 5.74) is 10.8. The molecule has 2 aromatic heterocycles. The fourth-order valence-electron chi connectivity index (χ4n) is 7.75. The van der Waals surface area contributed by atoms with Crippen molar-refractivity contribution in [3.63, 3.8) is 0 Å². The molecule has 0 bridgehead atoms. The van der Waals surface area contributed by atoms with Crippen molar-refractivity contribution in [3.8, 4) is 50.7 Å². The van der Waals surface area contributed by atoms with Gasteiger partial charge in [-0.3, -0.25) is 0 Å². The molecule has 258 valence electrons. The average Bonchev–Trinajstić information content (AvgIpc) is 3.59. The highest BCUT2D eigenvalue weighted by Crippen LogP contribution is 2.53. The Bertz CT molecular complexity index is 3010. The van der Waals surface area contributed by atoms with Crippen molar-refractivity contribution in [2.75, 3.05) is 0 Å². The highest BCUT2D eigenvalue weighted by Gasteiger charge is 2.24. The van der Waals surface area contributed by atoms with Crippen LogP contribution >= 0.6 is 23.5 Å². The molecule has 0 saturated heterocycles. The quantitative estimate of drug-likeness (QED) is 0.176. The van der Waals surface area contributed by atoms with E-state index in [-0.39, 0.29) is 0 Å². The minimum Gasteiger partial charge on any atom is -0.309 e. The summed E-state index contributed by atoms with van der Waals surface area (Å²) in [7, 11) is 0. The molecule has 0 fully saturated rings. The van der Waals surface area contributed by atoms with Gasteiger partial charge in [0.15, 0.2) is 5.82 Å². The molecule has 0 radical (unpaired) electrons. The van der Waals surface area contributed by atoms with E-state index in [1.54, 1.807) is 0 Å². The predicted molar refractivity (Wildman–Crippen MR) is 230 cm³/mol. The first kappa shape index (κ1) is 32.1. The first-order valence-electron chi connectivity index (χ1n) is 18.4. The van der Waals surface area contributed by atoms with Crippen molar-refractivity contribution in [1.29, 1.82) is 0 Å². The van der Waals surface area contributed by atoms with E-state index in [1.807, 2.05) is 59.9 Å². The normalized spacial score (nSPS) is 12.2. The molecule has 55 heavy (non-hydrogen) atoms. The number of rotatable bonds is 5. The lowest BCUT2D eigenvalue weighted by atomic mass is 10.0. The van der Waals surface area contributed by atoms with Gasteiger partial charge < -0.3 is 4.57 Å². The maximum absolute atomic E-state index is 5.03. The van der Waals surface area contributed by atoms with Crippen LogP contribution in [0.4, 0.5) is 0 Å². The summed E-state index contributed by atoms with van der Waals surface area (Å²) >= 11 is 3.77. The zero-order valence-corrected chi connectivity index (χ0v) is 31.2. The van der Waals surface area contributed by atoms with Gasteiger partial charge in [0.2, 0.25) is 0 Å². The van der Waals surface area contributed by atoms with Gasteiger partial charge in [-0.25, -0.2) is 9.97 Å². The van der Waals surface area contributed by atoms with E-state index in [2.05, 4.69) is 156 Å². The fraction of sp³-hybridized carbons (Fsp3) is 0. The minimum atomic E-state index is 0.720. The van der Waals surface area contributed by atoms with Crippen LogP contribution in [0.25, 0.3) is 83.3 Å². The van der Waals surface area contributed by atoms with Gasteiger partial charge in [-0.05, 0) is 76.5 Å². The number of hydrogen-bond acceptors (Lipinski definition) is 4. The Labute approximate surface area is 327 Å². The molecule has 0 spiro atoms. The van der Waals surface area contributed by atoms with Crippen molar-refractivity contribution in [2.45, 2.75) is 19.6 Å². The van der Waals surface area contributed by atoms with Crippen LogP contribution in [0.5, 0.6) is 0 Å². The van der Waals surface area contributed by atoms with Crippen LogP contribution in [0, 0.1) is 0 Å². The van der Waals surface area contributed by atoms with Gasteiger partial charge in [-0.2, -0.15) is 0 Å². The number of benzene rings is 8. The Hall–Kier alpha value is -6.40. The third kappa shape index (κ3) is 5.63. The molecule has 3 nitrogen and oxygen atoms in total. The first-order valence-corrected chi connectivity index (χ1v) is 20.0. The SMILES string of the molecule is c1ccc(-c2cc(-c3ccc(-c4ccc(-n5c6cc7ccccc7cc6c6c7c(ccc65)Sc5ccccc5S7)cc4)cc3)nc(-c3ccccc3)n2)cc1. The van der Waals surface area contributed by atoms with E-state index in [9.17, 15) is 0 Å². The molecule has 0 atom stereocenters. The van der Waals surface area contributed by atoms with Crippen LogP contribution in [-0.4, -0.2) is 14.5 Å². The third-order valence-electron chi connectivity index (χ3n) is 10.5. The minimum absolute atomic E-state index is 0.720. The Balaban J connectivity index is 0.982. The summed E-state index contributed by atoms with van der Waals surface area (Å²) in [6.07, 6.45) is 0. The number of aromatic nitrogens is 3. The monoisotopic (exact) mass is 737 g/mol. The standard InChI is InChI=1S/C50H31N3S2/c1-3-11-34(12-4-1)41-31-42(52-50(51-41)36-13-5-2-6-14-36)35-21-19-32(20-22-35)33-23-25-39(26-24-33)53-43-27-28-47-49(55-46-18-10-9-17-45(46)54-47)48(43)40-29-37-15-7-8-16-38(37)30-44(40)53/h1-31H. The zero-order valence-electron chi connectivity index (χ0n) is 29.6. The Morgan fingerprint density at radius 3 is 1.62 bits per heavy atom. The molecular weight excluding hydrogens is 707 g/mol. The molecule has 0 N–H and O–H groups in total. The summed E-state index contributed by atoms with van der Waals surface area (Å²) in [5.74, 6) is 0.720. The van der Waals surface area contributed by atoms with Gasteiger partial charge in [-0.15, -0.1) is 0 Å². The summed E-state index contributed by atoms with van der Waals surface area (Å²) in [6.45, 7) is 0. The topological polar surface area (TPSA) is 30.7 Å². The van der Waals surface area contributed by atoms with Gasteiger partial charge >= 0.3 is 0 Å².